The van der Waals surface area contributed by atoms with Crippen LogP contribution in [0.1, 0.15) is 36.6 Å². The Balaban J connectivity index is 0.000000817. The second kappa shape index (κ2) is 9.81. The quantitative estimate of drug-likeness (QED) is 0.570. The number of nitrogens with one attached hydrogen (secondary N) is 1. The predicted octanol–water partition coefficient (Wildman–Crippen LogP) is 3.35. The molecular formula is C21H25FN4O. The number of hydrogen-bond acceptors (Lipinski definition) is 4. The lowest BCUT2D eigenvalue weighted by Crippen LogP contribution is -2.21. The molecule has 5 nitrogen and oxygen atoms in total. The van der Waals surface area contributed by atoms with E-state index in [1.54, 1.807) is 18.2 Å². The number of aliphatic hydroxyl groups excluding tert-OH is 1. The monoisotopic (exact) mass is 368 g/mol. The molecule has 0 aromatic heterocycles. The van der Waals surface area contributed by atoms with Crippen LogP contribution in [0.5, 0.6) is 0 Å². The number of benzene rings is 2. The molecule has 3 rings (SSSR count). The van der Waals surface area contributed by atoms with Gasteiger partial charge in [0.2, 0.25) is 0 Å². The Morgan fingerprint density at radius 3 is 2.67 bits per heavy atom. The van der Waals surface area contributed by atoms with Crippen molar-refractivity contribution >= 4 is 11.5 Å². The summed E-state index contributed by atoms with van der Waals surface area (Å²) in [7, 11) is 0. The molecule has 0 unspecified atom stereocenters. The van der Waals surface area contributed by atoms with Crippen molar-refractivity contribution in [2.24, 2.45) is 10.7 Å². The maximum Gasteiger partial charge on any atom is 0.123 e. The highest BCUT2D eigenvalue weighted by Crippen LogP contribution is 2.31. The molecule has 27 heavy (non-hydrogen) atoms. The standard InChI is InChI=1S/C19H22FN3O.C2H3N/c1-12(22-9-8-13-2-5-15(20)6-3-13)23-16-7-4-14-10-18(24)19(21)17(14)11-16;1-2-3/h2-7,11,18-19,24H,8-10,21H2,1H3,(H,22,23);1H3/t18-,19-;/m1./s1. The lowest BCUT2D eigenvalue weighted by molar-refractivity contribution is 0.158. The zero-order valence-electron chi connectivity index (χ0n) is 15.6. The minimum absolute atomic E-state index is 0.222. The third-order valence-electron chi connectivity index (χ3n) is 4.34. The number of nitrogens with two attached hydrogens (primary N) is 1. The minimum Gasteiger partial charge on any atom is -0.391 e. The van der Waals surface area contributed by atoms with Gasteiger partial charge in [-0.3, -0.25) is 4.99 Å². The molecule has 0 saturated heterocycles. The van der Waals surface area contributed by atoms with Crippen molar-refractivity contribution in [3.05, 3.63) is 65.0 Å². The Labute approximate surface area is 159 Å². The molecule has 1 aliphatic rings. The number of nitriles is 1. The molecule has 0 saturated carbocycles. The second-order valence-corrected chi connectivity index (χ2v) is 6.40. The van der Waals surface area contributed by atoms with Gasteiger partial charge in [0.1, 0.15) is 5.82 Å². The van der Waals surface area contributed by atoms with Gasteiger partial charge in [0.25, 0.3) is 0 Å². The van der Waals surface area contributed by atoms with Crippen LogP contribution >= 0.6 is 0 Å². The summed E-state index contributed by atoms with van der Waals surface area (Å²) in [6.07, 6.45) is 0.878. The molecule has 4 N–H and O–H groups in total. The fourth-order valence-corrected chi connectivity index (χ4v) is 2.98. The van der Waals surface area contributed by atoms with E-state index < -0.39 is 6.10 Å². The van der Waals surface area contributed by atoms with E-state index in [1.165, 1.54) is 19.1 Å². The highest BCUT2D eigenvalue weighted by molar-refractivity contribution is 5.93. The highest BCUT2D eigenvalue weighted by Gasteiger charge is 2.27. The van der Waals surface area contributed by atoms with Gasteiger partial charge in [0, 0.05) is 25.6 Å². The first kappa shape index (κ1) is 20.6. The largest absolute Gasteiger partial charge is 0.391 e. The Hall–Kier alpha value is -2.75. The SMILES string of the molecule is CC#N.CC(=NCCc1ccc(F)cc1)Nc1ccc2c(c1)[C@@H](N)[C@H](O)C2. The molecule has 2 atom stereocenters. The van der Waals surface area contributed by atoms with Crippen LogP contribution < -0.4 is 11.1 Å². The number of anilines is 1. The molecule has 0 fully saturated rings. The third-order valence-corrected chi connectivity index (χ3v) is 4.34. The van der Waals surface area contributed by atoms with E-state index in [2.05, 4.69) is 10.3 Å². The number of fused-ring (bicyclic) bond motifs is 1. The summed E-state index contributed by atoms with van der Waals surface area (Å²) >= 11 is 0. The van der Waals surface area contributed by atoms with E-state index in [-0.39, 0.29) is 11.9 Å². The van der Waals surface area contributed by atoms with Gasteiger partial charge in [-0.2, -0.15) is 5.26 Å². The number of hydrogen-bond donors (Lipinski definition) is 3. The van der Waals surface area contributed by atoms with Gasteiger partial charge in [-0.05, 0) is 54.3 Å². The van der Waals surface area contributed by atoms with Gasteiger partial charge in [-0.1, -0.05) is 18.2 Å². The van der Waals surface area contributed by atoms with Gasteiger partial charge in [0.15, 0.2) is 0 Å². The fraction of sp³-hybridized carbons (Fsp3) is 0.333. The molecule has 2 aromatic rings. The molecule has 0 heterocycles. The van der Waals surface area contributed by atoms with Crippen molar-refractivity contribution in [2.45, 2.75) is 38.8 Å². The summed E-state index contributed by atoms with van der Waals surface area (Å²) < 4.78 is 12.9. The van der Waals surface area contributed by atoms with Crippen LogP contribution in [0.3, 0.4) is 0 Å². The highest BCUT2D eigenvalue weighted by atomic mass is 19.1. The maximum atomic E-state index is 12.9. The first-order chi connectivity index (χ1) is 12.9. The van der Waals surface area contributed by atoms with Crippen LogP contribution in [0.4, 0.5) is 10.1 Å². The van der Waals surface area contributed by atoms with Crippen LogP contribution in [0.25, 0.3) is 0 Å². The summed E-state index contributed by atoms with van der Waals surface area (Å²) in [4.78, 5) is 4.50. The van der Waals surface area contributed by atoms with E-state index >= 15 is 0 Å². The number of nitrogens with zero attached hydrogens (tertiary/aromatic N) is 2. The van der Waals surface area contributed by atoms with Gasteiger partial charge in [-0.25, -0.2) is 4.39 Å². The van der Waals surface area contributed by atoms with Gasteiger partial charge >= 0.3 is 0 Å². The molecule has 2 aromatic carbocycles. The summed E-state index contributed by atoms with van der Waals surface area (Å²) in [5, 5.41) is 20.4. The lowest BCUT2D eigenvalue weighted by Gasteiger charge is -2.11. The van der Waals surface area contributed by atoms with E-state index in [0.29, 0.717) is 13.0 Å². The summed E-state index contributed by atoms with van der Waals surface area (Å²) in [5.74, 6) is 0.587. The molecule has 0 bridgehead atoms. The van der Waals surface area contributed by atoms with Crippen LogP contribution in [0, 0.1) is 17.1 Å². The van der Waals surface area contributed by atoms with Crippen molar-refractivity contribution < 1.29 is 9.50 Å². The number of aliphatic imine (C=N–C) groups is 1. The zero-order valence-corrected chi connectivity index (χ0v) is 15.6. The average Bonchev–Trinajstić information content (AvgIpc) is 2.92. The zero-order chi connectivity index (χ0) is 19.8. The molecule has 0 radical (unpaired) electrons. The first-order valence-corrected chi connectivity index (χ1v) is 8.84. The number of amidine groups is 1. The van der Waals surface area contributed by atoms with Crippen molar-refractivity contribution in [1.82, 2.24) is 0 Å². The summed E-state index contributed by atoms with van der Waals surface area (Å²) in [6, 6.07) is 13.9. The smallest absolute Gasteiger partial charge is 0.123 e. The molecule has 0 amide bonds. The van der Waals surface area contributed by atoms with Crippen LogP contribution in [-0.2, 0) is 12.8 Å². The maximum absolute atomic E-state index is 12.9. The third kappa shape index (κ3) is 5.88. The second-order valence-electron chi connectivity index (χ2n) is 6.40. The minimum atomic E-state index is -0.499. The van der Waals surface area contributed by atoms with Crippen LogP contribution in [0.15, 0.2) is 47.5 Å². The first-order valence-electron chi connectivity index (χ1n) is 8.84. The van der Waals surface area contributed by atoms with Gasteiger partial charge in [-0.15, -0.1) is 0 Å². The van der Waals surface area contributed by atoms with Crippen molar-refractivity contribution in [1.29, 1.82) is 5.26 Å². The number of rotatable bonds is 4. The van der Waals surface area contributed by atoms with Gasteiger partial charge in [0.05, 0.1) is 24.1 Å². The molecule has 0 spiro atoms. The normalized spacial score (nSPS) is 18.1. The molecule has 142 valence electrons. The molecular weight excluding hydrogens is 343 g/mol. The Morgan fingerprint density at radius 2 is 2.00 bits per heavy atom. The molecule has 1 aliphatic carbocycles. The Kier molecular flexibility index (Phi) is 7.47. The topological polar surface area (TPSA) is 94.4 Å². The fourth-order valence-electron chi connectivity index (χ4n) is 2.98. The van der Waals surface area contributed by atoms with Gasteiger partial charge < -0.3 is 16.2 Å². The average molecular weight is 368 g/mol. The Bertz CT molecular complexity index is 827. The molecule has 6 heteroatoms. The van der Waals surface area contributed by atoms with Crippen LogP contribution in [-0.4, -0.2) is 23.6 Å². The van der Waals surface area contributed by atoms with Crippen LogP contribution in [0.2, 0.25) is 0 Å². The van der Waals surface area contributed by atoms with Crippen molar-refractivity contribution in [3.63, 3.8) is 0 Å². The van der Waals surface area contributed by atoms with E-state index in [0.717, 1.165) is 34.6 Å². The number of aliphatic hydroxyl groups is 1. The summed E-state index contributed by atoms with van der Waals surface area (Å²) in [5.41, 5.74) is 10.1. The van der Waals surface area contributed by atoms with E-state index in [1.807, 2.05) is 25.1 Å². The number of halogens is 1. The summed E-state index contributed by atoms with van der Waals surface area (Å²) in [6.45, 7) is 3.97. The predicted molar refractivity (Wildman–Crippen MR) is 106 cm³/mol. The van der Waals surface area contributed by atoms with Crippen molar-refractivity contribution in [2.75, 3.05) is 11.9 Å². The lowest BCUT2D eigenvalue weighted by atomic mass is 10.1. The Morgan fingerprint density at radius 1 is 1.33 bits per heavy atom. The van der Waals surface area contributed by atoms with E-state index in [9.17, 15) is 9.50 Å². The molecule has 0 aliphatic heterocycles. The van der Waals surface area contributed by atoms with E-state index in [4.69, 9.17) is 11.0 Å². The van der Waals surface area contributed by atoms with Crippen molar-refractivity contribution in [3.8, 4) is 6.07 Å².